The van der Waals surface area contributed by atoms with Crippen LogP contribution in [-0.2, 0) is 0 Å². The van der Waals surface area contributed by atoms with E-state index in [9.17, 15) is 0 Å². The van der Waals surface area contributed by atoms with Crippen molar-refractivity contribution in [3.8, 4) is 0 Å². The molecule has 0 fully saturated rings. The highest BCUT2D eigenvalue weighted by molar-refractivity contribution is 9.10. The highest BCUT2D eigenvalue weighted by atomic mass is 79.9. The highest BCUT2D eigenvalue weighted by Crippen LogP contribution is 2.36. The molecule has 1 heterocycles. The molecule has 0 saturated carbocycles. The van der Waals surface area contributed by atoms with E-state index in [4.69, 9.17) is 0 Å². The third-order valence-corrected chi connectivity index (χ3v) is 5.59. The van der Waals surface area contributed by atoms with Gasteiger partial charge in [0, 0.05) is 20.3 Å². The summed E-state index contributed by atoms with van der Waals surface area (Å²) in [5, 5.41) is 3.70. The summed E-state index contributed by atoms with van der Waals surface area (Å²) in [6, 6.07) is 2.77. The van der Waals surface area contributed by atoms with Crippen LogP contribution in [0.4, 0.5) is 0 Å². The number of thiophene rings is 1. The van der Waals surface area contributed by atoms with E-state index in [0.717, 1.165) is 6.54 Å². The minimum absolute atomic E-state index is 0.491. The highest BCUT2D eigenvalue weighted by Gasteiger charge is 2.23. The van der Waals surface area contributed by atoms with Crippen molar-refractivity contribution in [1.82, 2.24) is 5.32 Å². The second-order valence-electron chi connectivity index (χ2n) is 5.09. The van der Waals surface area contributed by atoms with Crippen molar-refractivity contribution in [1.29, 1.82) is 0 Å². The van der Waals surface area contributed by atoms with E-state index < -0.39 is 0 Å². The number of hydrogen-bond donors (Lipinski definition) is 1. The van der Waals surface area contributed by atoms with E-state index in [2.05, 4.69) is 61.9 Å². The molecule has 1 aromatic heterocycles. The Kier molecular flexibility index (Phi) is 6.18. The molecule has 0 bridgehead atoms. The van der Waals surface area contributed by atoms with Gasteiger partial charge in [0.1, 0.15) is 0 Å². The maximum absolute atomic E-state index is 3.70. The maximum atomic E-state index is 3.70. The van der Waals surface area contributed by atoms with Gasteiger partial charge >= 0.3 is 0 Å². The zero-order valence-electron chi connectivity index (χ0n) is 11.5. The molecule has 1 N–H and O–H groups in total. The molecule has 3 heteroatoms. The predicted octanol–water partition coefficient (Wildman–Crippen LogP) is 5.15. The van der Waals surface area contributed by atoms with Gasteiger partial charge in [-0.1, -0.05) is 27.7 Å². The summed E-state index contributed by atoms with van der Waals surface area (Å²) in [5.41, 5.74) is 0. The van der Waals surface area contributed by atoms with Gasteiger partial charge in [-0.05, 0) is 53.7 Å². The van der Waals surface area contributed by atoms with Crippen LogP contribution in [0.2, 0.25) is 0 Å². The Morgan fingerprint density at radius 3 is 2.41 bits per heavy atom. The minimum Gasteiger partial charge on any atom is -0.309 e. The lowest BCUT2D eigenvalue weighted by molar-refractivity contribution is 0.307. The minimum atomic E-state index is 0.491. The van der Waals surface area contributed by atoms with Gasteiger partial charge in [-0.2, -0.15) is 0 Å². The summed E-state index contributed by atoms with van der Waals surface area (Å²) in [5.74, 6) is 1.36. The summed E-state index contributed by atoms with van der Waals surface area (Å²) >= 11 is 5.53. The van der Waals surface area contributed by atoms with Crippen molar-refractivity contribution >= 4 is 27.3 Å². The van der Waals surface area contributed by atoms with Gasteiger partial charge in [-0.15, -0.1) is 11.3 Å². The summed E-state index contributed by atoms with van der Waals surface area (Å²) in [4.78, 5) is 2.84. The molecule has 0 aromatic carbocycles. The maximum Gasteiger partial charge on any atom is 0.0443 e. The third kappa shape index (κ3) is 4.08. The smallest absolute Gasteiger partial charge is 0.0443 e. The van der Waals surface area contributed by atoms with E-state index in [1.807, 2.05) is 11.3 Å². The van der Waals surface area contributed by atoms with Crippen molar-refractivity contribution < 1.29 is 0 Å². The molecule has 1 aromatic rings. The number of halogens is 1. The van der Waals surface area contributed by atoms with Gasteiger partial charge in [0.05, 0.1) is 0 Å². The summed E-state index contributed by atoms with van der Waals surface area (Å²) in [7, 11) is 0. The van der Waals surface area contributed by atoms with Crippen molar-refractivity contribution in [2.24, 2.45) is 11.8 Å². The molecule has 0 aliphatic rings. The van der Waals surface area contributed by atoms with Gasteiger partial charge in [0.15, 0.2) is 0 Å². The molecular formula is C14H24BrNS. The molecular weight excluding hydrogens is 294 g/mol. The van der Waals surface area contributed by atoms with E-state index in [1.54, 1.807) is 0 Å². The Hall–Kier alpha value is 0.140. The molecule has 0 radical (unpaired) electrons. The molecule has 98 valence electrons. The van der Waals surface area contributed by atoms with Crippen molar-refractivity contribution in [2.45, 2.75) is 47.1 Å². The molecule has 0 aliphatic heterocycles. The van der Waals surface area contributed by atoms with Crippen LogP contribution >= 0.6 is 27.3 Å². The lowest BCUT2D eigenvalue weighted by atomic mass is 9.89. The Bertz CT molecular complexity index is 326. The summed E-state index contributed by atoms with van der Waals surface area (Å²) < 4.78 is 1.25. The first-order valence-corrected chi connectivity index (χ1v) is 8.07. The second-order valence-corrected chi connectivity index (χ2v) is 7.23. The normalized spacial score (nSPS) is 15.2. The van der Waals surface area contributed by atoms with Crippen LogP contribution < -0.4 is 5.32 Å². The molecule has 2 unspecified atom stereocenters. The Labute approximate surface area is 118 Å². The number of aryl methyl sites for hydroxylation is 1. The number of hydrogen-bond acceptors (Lipinski definition) is 2. The van der Waals surface area contributed by atoms with E-state index >= 15 is 0 Å². The number of nitrogens with one attached hydrogen (secondary N) is 1. The molecule has 0 spiro atoms. The lowest BCUT2D eigenvalue weighted by Gasteiger charge is -2.27. The van der Waals surface area contributed by atoms with Crippen molar-refractivity contribution in [3.63, 3.8) is 0 Å². The molecule has 0 aliphatic carbocycles. The Morgan fingerprint density at radius 1 is 1.35 bits per heavy atom. The van der Waals surface area contributed by atoms with Crippen LogP contribution in [0.15, 0.2) is 10.5 Å². The second kappa shape index (κ2) is 6.91. The van der Waals surface area contributed by atoms with Crippen LogP contribution in [0.25, 0.3) is 0 Å². The van der Waals surface area contributed by atoms with Crippen molar-refractivity contribution in [3.05, 3.63) is 20.3 Å². The largest absolute Gasteiger partial charge is 0.309 e. The lowest BCUT2D eigenvalue weighted by Crippen LogP contribution is -2.29. The summed E-state index contributed by atoms with van der Waals surface area (Å²) in [6.07, 6.45) is 1.19. The first-order valence-electron chi connectivity index (χ1n) is 6.46. The quantitative estimate of drug-likeness (QED) is 0.764. The van der Waals surface area contributed by atoms with Gasteiger partial charge in [-0.3, -0.25) is 0 Å². The molecule has 17 heavy (non-hydrogen) atoms. The fourth-order valence-electron chi connectivity index (χ4n) is 1.87. The average Bonchev–Trinajstić information content (AvgIpc) is 2.59. The first kappa shape index (κ1) is 15.2. The van der Waals surface area contributed by atoms with Crippen LogP contribution in [0.1, 0.15) is 49.9 Å². The molecule has 0 saturated heterocycles. The molecule has 1 rings (SSSR count). The van der Waals surface area contributed by atoms with Gasteiger partial charge in [0.25, 0.3) is 0 Å². The van der Waals surface area contributed by atoms with Gasteiger partial charge in [-0.25, -0.2) is 0 Å². The van der Waals surface area contributed by atoms with Crippen LogP contribution in [0.5, 0.6) is 0 Å². The zero-order valence-corrected chi connectivity index (χ0v) is 13.9. The Balaban J connectivity index is 2.88. The first-order chi connectivity index (χ1) is 7.97. The third-order valence-electron chi connectivity index (χ3n) is 3.37. The van der Waals surface area contributed by atoms with E-state index in [-0.39, 0.29) is 0 Å². The summed E-state index contributed by atoms with van der Waals surface area (Å²) in [6.45, 7) is 12.5. The number of rotatable bonds is 6. The monoisotopic (exact) mass is 317 g/mol. The SMILES string of the molecule is CCCNC(c1cc(Br)c(C)s1)C(C)C(C)C. The van der Waals surface area contributed by atoms with Crippen molar-refractivity contribution in [2.75, 3.05) is 6.54 Å². The topological polar surface area (TPSA) is 12.0 Å². The fraction of sp³-hybridized carbons (Fsp3) is 0.714. The molecule has 0 amide bonds. The van der Waals surface area contributed by atoms with E-state index in [0.29, 0.717) is 17.9 Å². The van der Waals surface area contributed by atoms with Gasteiger partial charge in [0.2, 0.25) is 0 Å². The average molecular weight is 318 g/mol. The van der Waals surface area contributed by atoms with Crippen LogP contribution in [0, 0.1) is 18.8 Å². The standard InChI is InChI=1S/C14H24BrNS/c1-6-7-16-14(10(4)9(2)3)13-8-12(15)11(5)17-13/h8-10,14,16H,6-7H2,1-5H3. The molecule has 2 atom stereocenters. The van der Waals surface area contributed by atoms with Crippen LogP contribution in [0.3, 0.4) is 0 Å². The zero-order chi connectivity index (χ0) is 13.0. The predicted molar refractivity (Wildman–Crippen MR) is 81.8 cm³/mol. The Morgan fingerprint density at radius 2 is 2.00 bits per heavy atom. The van der Waals surface area contributed by atoms with E-state index in [1.165, 1.54) is 20.6 Å². The van der Waals surface area contributed by atoms with Crippen LogP contribution in [-0.4, -0.2) is 6.54 Å². The fourth-order valence-corrected chi connectivity index (χ4v) is 3.62. The van der Waals surface area contributed by atoms with Gasteiger partial charge < -0.3 is 5.32 Å². The molecule has 1 nitrogen and oxygen atoms in total.